The lowest BCUT2D eigenvalue weighted by atomic mass is 9.84. The highest BCUT2D eigenvalue weighted by molar-refractivity contribution is 8.32. The van der Waals surface area contributed by atoms with Crippen LogP contribution < -0.4 is 0 Å². The van der Waals surface area contributed by atoms with E-state index in [1.807, 2.05) is 30.3 Å². The third kappa shape index (κ3) is 7.65. The number of hydrogen-bond donors (Lipinski definition) is 0. The van der Waals surface area contributed by atoms with Gasteiger partial charge in [0.05, 0.1) is 74.7 Å². The average Bonchev–Trinajstić information content (AvgIpc) is 3.88. The maximum Gasteiger partial charge on any atom is 0.0723 e. The molecule has 52 heavy (non-hydrogen) atoms. The van der Waals surface area contributed by atoms with Crippen LogP contribution in [0.5, 0.6) is 0 Å². The summed E-state index contributed by atoms with van der Waals surface area (Å²) in [5.74, 6) is 0.0951. The number of hydrogen-bond acceptors (Lipinski definition) is 4. The third-order valence-corrected chi connectivity index (χ3v) is 17.7. The van der Waals surface area contributed by atoms with Crippen LogP contribution in [0.2, 0.25) is 60.3 Å². The highest BCUT2D eigenvalue weighted by Crippen LogP contribution is 2.58. The van der Waals surface area contributed by atoms with Crippen LogP contribution in [0, 0.1) is 5.92 Å². The first kappa shape index (κ1) is 40.5. The summed E-state index contributed by atoms with van der Waals surface area (Å²) in [6, 6.07) is 10.8. The zero-order valence-electron chi connectivity index (χ0n) is 25.0. The van der Waals surface area contributed by atoms with Gasteiger partial charge >= 0.3 is 0 Å². The lowest BCUT2D eigenvalue weighted by molar-refractivity contribution is 1.06. The van der Waals surface area contributed by atoms with Crippen molar-refractivity contribution >= 4 is 198 Å². The topological polar surface area (TPSA) is 4.93 Å². The van der Waals surface area contributed by atoms with Gasteiger partial charge < -0.3 is 4.57 Å². The fourth-order valence-electron chi connectivity index (χ4n) is 5.24. The maximum absolute atomic E-state index is 7.04. The van der Waals surface area contributed by atoms with E-state index < -0.39 is 0 Å². The van der Waals surface area contributed by atoms with E-state index in [1.54, 1.807) is 53.1 Å². The molecule has 0 aliphatic carbocycles. The minimum Gasteiger partial charge on any atom is -0.322 e. The van der Waals surface area contributed by atoms with Gasteiger partial charge in [-0.25, -0.2) is 0 Å². The summed E-state index contributed by atoms with van der Waals surface area (Å²) in [6.07, 6.45) is 7.85. The summed E-state index contributed by atoms with van der Waals surface area (Å²) in [5, 5.41) is 4.54. The summed E-state index contributed by atoms with van der Waals surface area (Å²) < 4.78 is 4.76. The Balaban J connectivity index is 1.26. The van der Waals surface area contributed by atoms with E-state index in [9.17, 15) is 0 Å². The van der Waals surface area contributed by atoms with Gasteiger partial charge in [0.25, 0.3) is 0 Å². The summed E-state index contributed by atoms with van der Waals surface area (Å²) in [4.78, 5) is 2.47. The second-order valence-corrected chi connectivity index (χ2v) is 19.8. The fourth-order valence-corrected chi connectivity index (χ4v) is 13.1. The highest BCUT2D eigenvalue weighted by Gasteiger charge is 2.36. The molecule has 1 nitrogen and oxygen atoms in total. The monoisotopic (exact) mass is 994 g/mol. The molecule has 0 amide bonds. The van der Waals surface area contributed by atoms with Gasteiger partial charge in [-0.3, -0.25) is 0 Å². The number of halogens is 12. The molecule has 17 heteroatoms. The average molecular weight is 1000 g/mol. The van der Waals surface area contributed by atoms with Gasteiger partial charge in [-0.05, 0) is 40.6 Å². The molecule has 0 unspecified atom stereocenters. The van der Waals surface area contributed by atoms with Gasteiger partial charge in [0.15, 0.2) is 0 Å². The number of fused-ring (bicyclic) bond motifs is 1. The van der Waals surface area contributed by atoms with Crippen molar-refractivity contribution in [2.75, 3.05) is 0 Å². The van der Waals surface area contributed by atoms with E-state index in [-0.39, 0.29) is 82.9 Å². The van der Waals surface area contributed by atoms with Crippen LogP contribution in [0.3, 0.4) is 0 Å². The molecule has 0 saturated heterocycles. The molecule has 0 N–H and O–H groups in total. The lowest BCUT2D eigenvalue weighted by Crippen LogP contribution is -2.11. The molecule has 2 aliphatic heterocycles. The molecule has 3 heterocycles. The van der Waals surface area contributed by atoms with Gasteiger partial charge in [-0.2, -0.15) is 0 Å². The van der Waals surface area contributed by atoms with Crippen LogP contribution in [0.15, 0.2) is 77.9 Å². The van der Waals surface area contributed by atoms with Crippen LogP contribution in [-0.4, -0.2) is 4.57 Å². The molecule has 7 rings (SSSR count). The minimum absolute atomic E-state index is 0.00922. The molecule has 1 aromatic heterocycles. The van der Waals surface area contributed by atoms with E-state index in [1.165, 1.54) is 30.4 Å². The second kappa shape index (κ2) is 16.6. The van der Waals surface area contributed by atoms with Crippen molar-refractivity contribution in [1.29, 1.82) is 0 Å². The Morgan fingerprint density at radius 3 is 1.35 bits per heavy atom. The fraction of sp³-hybridized carbons (Fsp3) is 0. The zero-order chi connectivity index (χ0) is 37.2. The van der Waals surface area contributed by atoms with Gasteiger partial charge in [-0.1, -0.05) is 211 Å². The summed E-state index contributed by atoms with van der Waals surface area (Å²) >= 11 is 88.0. The number of rotatable bonds is 6. The van der Waals surface area contributed by atoms with Crippen molar-refractivity contribution in [1.82, 2.24) is 4.57 Å². The Hall–Kier alpha value is 0.260. The molecule has 0 fully saturated rings. The number of aromatic nitrogens is 1. The van der Waals surface area contributed by atoms with Gasteiger partial charge in [0.2, 0.25) is 0 Å². The zero-order valence-corrected chi connectivity index (χ0v) is 37.4. The molecule has 2 aliphatic rings. The molecule has 0 bridgehead atoms. The SMILES string of the molecule is Clc1cc(Cl)c(Cl)c([C](c2c(Cl)c(Cl)cc(Cl)c2Cl)c2c(Cl)c(Cl)c(/C=C/c3ccc(-n4cc5c(c4)SC(=C4SC=CS4)S5)cc3)c(Cl)c2Cl)c1Cl. The molecular weight excluding hydrogens is 988 g/mol. The van der Waals surface area contributed by atoms with Crippen molar-refractivity contribution in [2.24, 2.45) is 0 Å². The quantitative estimate of drug-likeness (QED) is 0.0948. The van der Waals surface area contributed by atoms with Crippen molar-refractivity contribution in [2.45, 2.75) is 9.79 Å². The van der Waals surface area contributed by atoms with Crippen LogP contribution in [0.25, 0.3) is 17.8 Å². The van der Waals surface area contributed by atoms with Crippen LogP contribution in [-0.2, 0) is 0 Å². The Morgan fingerprint density at radius 1 is 0.481 bits per heavy atom. The second-order valence-electron chi connectivity index (χ2n) is 10.7. The molecule has 0 saturated carbocycles. The van der Waals surface area contributed by atoms with E-state index in [2.05, 4.69) is 27.8 Å². The standard InChI is InChI=1S/C35H12Cl12NS4/c36-16-9-17(37)29(43)23(28(16)42)22(24-30(44)18(38)10-19(39)31(24)45)25-32(46)26(40)15(27(41)33(25)47)6-3-13-1-4-14(5-2-13)48-11-20-21(12-48)52-35(51-20)34-49-7-8-50-34/h1-12H/b6-3+. The molecule has 5 aromatic rings. The van der Waals surface area contributed by atoms with Gasteiger partial charge in [-0.15, -0.1) is 0 Å². The molecule has 1 radical (unpaired) electrons. The van der Waals surface area contributed by atoms with E-state index in [0.717, 1.165) is 11.3 Å². The lowest BCUT2D eigenvalue weighted by Gasteiger charge is -2.27. The largest absolute Gasteiger partial charge is 0.322 e. The molecule has 0 spiro atoms. The van der Waals surface area contributed by atoms with Crippen molar-refractivity contribution < 1.29 is 0 Å². The normalized spacial score (nSPS) is 14.2. The van der Waals surface area contributed by atoms with Crippen molar-refractivity contribution in [3.63, 3.8) is 0 Å². The van der Waals surface area contributed by atoms with E-state index in [4.69, 9.17) is 139 Å². The van der Waals surface area contributed by atoms with Crippen LogP contribution >= 0.6 is 186 Å². The molecule has 0 atom stereocenters. The predicted molar refractivity (Wildman–Crippen MR) is 238 cm³/mol. The van der Waals surface area contributed by atoms with E-state index >= 15 is 0 Å². The minimum atomic E-state index is -0.0240. The predicted octanol–water partition coefficient (Wildman–Crippen LogP) is 18.8. The Labute approximate surface area is 376 Å². The first-order valence-electron chi connectivity index (χ1n) is 14.3. The van der Waals surface area contributed by atoms with Gasteiger partial charge in [0.1, 0.15) is 0 Å². The number of thioether (sulfide) groups is 4. The van der Waals surface area contributed by atoms with Crippen LogP contribution in [0.4, 0.5) is 0 Å². The van der Waals surface area contributed by atoms with Crippen molar-refractivity contribution in [3.8, 4) is 5.69 Å². The first-order chi connectivity index (χ1) is 24.8. The number of benzene rings is 4. The number of nitrogens with zero attached hydrogens (tertiary/aromatic N) is 1. The summed E-state index contributed by atoms with van der Waals surface area (Å²) in [7, 11) is 0. The molecule has 4 aromatic carbocycles. The van der Waals surface area contributed by atoms with E-state index in [0.29, 0.717) is 5.56 Å². The molecular formula is C35H12Cl12NS4. The third-order valence-electron chi connectivity index (χ3n) is 7.64. The Morgan fingerprint density at radius 2 is 0.904 bits per heavy atom. The molecule has 265 valence electrons. The smallest absolute Gasteiger partial charge is 0.0723 e. The summed E-state index contributed by atoms with van der Waals surface area (Å²) in [5.41, 5.74) is 2.50. The maximum atomic E-state index is 7.04. The van der Waals surface area contributed by atoms with Gasteiger partial charge in [0, 0.05) is 50.1 Å². The summed E-state index contributed by atoms with van der Waals surface area (Å²) in [6.45, 7) is 0. The Bertz CT molecular complexity index is 2220. The Kier molecular flexibility index (Phi) is 12.9. The first-order valence-corrected chi connectivity index (χ1v) is 22.2. The van der Waals surface area contributed by atoms with Crippen molar-refractivity contribution in [3.05, 3.63) is 162 Å². The highest BCUT2D eigenvalue weighted by atomic mass is 35.5. The van der Waals surface area contributed by atoms with Crippen LogP contribution in [0.1, 0.15) is 27.8 Å².